The van der Waals surface area contributed by atoms with E-state index in [0.717, 1.165) is 44.0 Å². The van der Waals surface area contributed by atoms with Crippen molar-refractivity contribution in [1.82, 2.24) is 21.1 Å². The van der Waals surface area contributed by atoms with E-state index < -0.39 is 0 Å². The van der Waals surface area contributed by atoms with Crippen molar-refractivity contribution in [2.24, 2.45) is 11.8 Å². The molecule has 2 saturated heterocycles. The van der Waals surface area contributed by atoms with Gasteiger partial charge in [-0.3, -0.25) is 4.79 Å². The van der Waals surface area contributed by atoms with Gasteiger partial charge in [0.15, 0.2) is 0 Å². The van der Waals surface area contributed by atoms with Crippen molar-refractivity contribution in [2.45, 2.75) is 50.6 Å². The van der Waals surface area contributed by atoms with Crippen LogP contribution in [0.25, 0.3) is 0 Å². The molecule has 2 aliphatic heterocycles. The van der Waals surface area contributed by atoms with Gasteiger partial charge in [-0.2, -0.15) is 0 Å². The highest BCUT2D eigenvalue weighted by atomic mass is 16.5. The van der Waals surface area contributed by atoms with E-state index in [2.05, 4.69) is 63.5 Å². The minimum atomic E-state index is -0.172. The molecule has 0 radical (unpaired) electrons. The number of nitrogens with one attached hydrogen (secondary N) is 3. The first-order valence-electron chi connectivity index (χ1n) is 12.9. The lowest BCUT2D eigenvalue weighted by Gasteiger charge is -2.32. The topological polar surface area (TPSA) is 65.6 Å². The molecular formula is C28H38N4O2. The molecule has 1 amide bonds. The van der Waals surface area contributed by atoms with E-state index in [-0.39, 0.29) is 23.9 Å². The lowest BCUT2D eigenvalue weighted by Crippen LogP contribution is -2.46. The lowest BCUT2D eigenvalue weighted by atomic mass is 9.77. The summed E-state index contributed by atoms with van der Waals surface area (Å²) in [4.78, 5) is 15.5. The summed E-state index contributed by atoms with van der Waals surface area (Å²) in [5.74, 6) is 2.11. The Morgan fingerprint density at radius 3 is 2.71 bits per heavy atom. The van der Waals surface area contributed by atoms with Gasteiger partial charge in [0.25, 0.3) is 0 Å². The minimum absolute atomic E-state index is 0.124. The number of ether oxygens (including phenoxy) is 1. The van der Waals surface area contributed by atoms with E-state index in [1.165, 1.54) is 49.0 Å². The van der Waals surface area contributed by atoms with Crippen molar-refractivity contribution in [3.8, 4) is 5.75 Å². The second-order valence-corrected chi connectivity index (χ2v) is 10.1. The number of aryl methyl sites for hydroxylation is 1. The Balaban J connectivity index is 1.02. The molecule has 0 spiro atoms. The minimum Gasteiger partial charge on any atom is -0.497 e. The number of hydrazine groups is 1. The number of piperidine rings is 1. The zero-order valence-electron chi connectivity index (χ0n) is 20.3. The number of rotatable bonds is 8. The Morgan fingerprint density at radius 2 is 1.91 bits per heavy atom. The quantitative estimate of drug-likeness (QED) is 0.526. The standard InChI is InChI=1S/C28H38N4O2/c1-34-23-9-11-24-22(19-23)8-10-25-26(24)30-31-27(25)28(33)29-14-5-15-32-16-12-21(13-17-32)18-20-6-3-2-4-7-20/h2-4,6-7,9,11,19,21,25-27,30-31H,5,8,10,12-18H2,1H3,(H,29,33). The van der Waals surface area contributed by atoms with Crippen LogP contribution >= 0.6 is 0 Å². The van der Waals surface area contributed by atoms with E-state index in [9.17, 15) is 4.79 Å². The number of hydrogen-bond acceptors (Lipinski definition) is 5. The zero-order chi connectivity index (χ0) is 23.3. The van der Waals surface area contributed by atoms with Crippen LogP contribution in [-0.4, -0.2) is 50.1 Å². The first kappa shape index (κ1) is 23.3. The van der Waals surface area contributed by atoms with Crippen LogP contribution in [-0.2, 0) is 17.6 Å². The van der Waals surface area contributed by atoms with Crippen LogP contribution in [0.3, 0.4) is 0 Å². The van der Waals surface area contributed by atoms with Crippen molar-refractivity contribution in [3.63, 3.8) is 0 Å². The second-order valence-electron chi connectivity index (χ2n) is 10.1. The number of hydrogen-bond donors (Lipinski definition) is 3. The zero-order valence-corrected chi connectivity index (χ0v) is 20.3. The van der Waals surface area contributed by atoms with Crippen LogP contribution in [0.5, 0.6) is 5.75 Å². The molecule has 0 aromatic heterocycles. The summed E-state index contributed by atoms with van der Waals surface area (Å²) >= 11 is 0. The molecule has 3 aliphatic rings. The van der Waals surface area contributed by atoms with Gasteiger partial charge in [0.05, 0.1) is 13.2 Å². The molecule has 6 heteroatoms. The van der Waals surface area contributed by atoms with Gasteiger partial charge in [-0.1, -0.05) is 36.4 Å². The van der Waals surface area contributed by atoms with Crippen LogP contribution in [0, 0.1) is 11.8 Å². The molecule has 2 heterocycles. The average Bonchev–Trinajstić information content (AvgIpc) is 3.32. The van der Waals surface area contributed by atoms with Crippen LogP contribution < -0.4 is 20.9 Å². The molecule has 2 fully saturated rings. The maximum absolute atomic E-state index is 12.9. The number of benzene rings is 2. The highest BCUT2D eigenvalue weighted by Crippen LogP contribution is 2.40. The number of fused-ring (bicyclic) bond motifs is 3. The van der Waals surface area contributed by atoms with Gasteiger partial charge >= 0.3 is 0 Å². The largest absolute Gasteiger partial charge is 0.497 e. The number of methoxy groups -OCH3 is 1. The molecule has 3 atom stereocenters. The van der Waals surface area contributed by atoms with Crippen molar-refractivity contribution in [2.75, 3.05) is 33.3 Å². The molecule has 2 aromatic carbocycles. The Kier molecular flexibility index (Phi) is 7.48. The lowest BCUT2D eigenvalue weighted by molar-refractivity contribution is -0.123. The van der Waals surface area contributed by atoms with E-state index in [4.69, 9.17) is 4.74 Å². The average molecular weight is 463 g/mol. The van der Waals surface area contributed by atoms with Crippen LogP contribution in [0.15, 0.2) is 48.5 Å². The van der Waals surface area contributed by atoms with Gasteiger partial charge in [-0.25, -0.2) is 10.9 Å². The van der Waals surface area contributed by atoms with Gasteiger partial charge in [-0.15, -0.1) is 0 Å². The number of amides is 1. The first-order valence-corrected chi connectivity index (χ1v) is 12.9. The smallest absolute Gasteiger partial charge is 0.238 e. The summed E-state index contributed by atoms with van der Waals surface area (Å²) in [6.45, 7) is 4.16. The number of carbonyl (C=O) groups is 1. The Hall–Kier alpha value is -2.41. The maximum Gasteiger partial charge on any atom is 0.238 e. The summed E-state index contributed by atoms with van der Waals surface area (Å²) in [7, 11) is 1.71. The third-order valence-electron chi connectivity index (χ3n) is 7.99. The molecule has 3 N–H and O–H groups in total. The number of carbonyl (C=O) groups excluding carboxylic acids is 1. The van der Waals surface area contributed by atoms with Gasteiger partial charge in [0, 0.05) is 12.5 Å². The molecule has 0 bridgehead atoms. The normalized spacial score (nSPS) is 24.9. The summed E-state index contributed by atoms with van der Waals surface area (Å²) in [5.41, 5.74) is 10.7. The SMILES string of the molecule is COc1ccc2c(c1)CCC1C(C(=O)NCCCN3CCC(Cc4ccccc4)CC3)NNC21. The molecule has 2 aromatic rings. The summed E-state index contributed by atoms with van der Waals surface area (Å²) in [6, 6.07) is 17.2. The van der Waals surface area contributed by atoms with Crippen LogP contribution in [0.2, 0.25) is 0 Å². The number of nitrogens with zero attached hydrogens (tertiary/aromatic N) is 1. The van der Waals surface area contributed by atoms with Crippen molar-refractivity contribution >= 4 is 5.91 Å². The molecule has 6 nitrogen and oxygen atoms in total. The third-order valence-corrected chi connectivity index (χ3v) is 7.99. The predicted molar refractivity (Wildman–Crippen MR) is 135 cm³/mol. The number of likely N-dealkylation sites (tertiary alicyclic amines) is 1. The van der Waals surface area contributed by atoms with Crippen LogP contribution in [0.1, 0.15) is 48.4 Å². The predicted octanol–water partition coefficient (Wildman–Crippen LogP) is 3.24. The summed E-state index contributed by atoms with van der Waals surface area (Å²) in [5, 5.41) is 3.19. The Morgan fingerprint density at radius 1 is 1.09 bits per heavy atom. The molecule has 182 valence electrons. The van der Waals surface area contributed by atoms with Crippen molar-refractivity contribution < 1.29 is 9.53 Å². The Bertz CT molecular complexity index is 958. The highest BCUT2D eigenvalue weighted by Gasteiger charge is 2.43. The Labute approximate surface area is 203 Å². The monoisotopic (exact) mass is 462 g/mol. The van der Waals surface area contributed by atoms with E-state index in [1.54, 1.807) is 7.11 Å². The maximum atomic E-state index is 12.9. The van der Waals surface area contributed by atoms with Crippen molar-refractivity contribution in [3.05, 3.63) is 65.2 Å². The van der Waals surface area contributed by atoms with Gasteiger partial charge < -0.3 is 15.0 Å². The van der Waals surface area contributed by atoms with Crippen LogP contribution in [0.4, 0.5) is 0 Å². The molecule has 0 saturated carbocycles. The van der Waals surface area contributed by atoms with E-state index in [1.807, 2.05) is 6.07 Å². The molecule has 1 aliphatic carbocycles. The summed E-state index contributed by atoms with van der Waals surface area (Å²) in [6.07, 6.45) is 6.74. The van der Waals surface area contributed by atoms with Gasteiger partial charge in [0.1, 0.15) is 11.8 Å². The third kappa shape index (κ3) is 5.29. The summed E-state index contributed by atoms with van der Waals surface area (Å²) < 4.78 is 5.38. The molecule has 3 unspecified atom stereocenters. The second kappa shape index (κ2) is 10.9. The van der Waals surface area contributed by atoms with E-state index >= 15 is 0 Å². The molecular weight excluding hydrogens is 424 g/mol. The first-order chi connectivity index (χ1) is 16.7. The van der Waals surface area contributed by atoms with Gasteiger partial charge in [0.2, 0.25) is 5.91 Å². The van der Waals surface area contributed by atoms with E-state index in [0.29, 0.717) is 0 Å². The fraction of sp³-hybridized carbons (Fsp3) is 0.536. The fourth-order valence-corrected chi connectivity index (χ4v) is 6.02. The van der Waals surface area contributed by atoms with Gasteiger partial charge in [-0.05, 0) is 92.9 Å². The fourth-order valence-electron chi connectivity index (χ4n) is 6.02. The molecule has 34 heavy (non-hydrogen) atoms. The molecule has 5 rings (SSSR count). The highest BCUT2D eigenvalue weighted by molar-refractivity contribution is 5.82. The van der Waals surface area contributed by atoms with Crippen molar-refractivity contribution in [1.29, 1.82) is 0 Å².